The fourth-order valence-electron chi connectivity index (χ4n) is 4.42. The van der Waals surface area contributed by atoms with E-state index in [2.05, 4.69) is 5.16 Å². The molecule has 0 aliphatic rings. The number of oxime groups is 1. The molecule has 1 aromatic heterocycles. The van der Waals surface area contributed by atoms with Crippen molar-refractivity contribution in [3.8, 4) is 5.75 Å². The fraction of sp³-hybridized carbons (Fsp3) is 0.121. The number of esters is 1. The van der Waals surface area contributed by atoms with Gasteiger partial charge in [0.15, 0.2) is 5.71 Å². The average molecular weight is 735 g/mol. The Morgan fingerprint density at radius 3 is 2.09 bits per heavy atom. The van der Waals surface area contributed by atoms with Gasteiger partial charge in [-0.1, -0.05) is 75.8 Å². The molecule has 0 aliphatic carbocycles. The van der Waals surface area contributed by atoms with Gasteiger partial charge in [0, 0.05) is 36.9 Å². The number of rotatable bonds is 11. The summed E-state index contributed by atoms with van der Waals surface area (Å²) in [6, 6.07) is 24.1. The topological polar surface area (TPSA) is 87.3 Å². The minimum absolute atomic E-state index is 0.0108. The second-order valence-electron chi connectivity index (χ2n) is 9.43. The summed E-state index contributed by atoms with van der Waals surface area (Å²) < 4.78 is 16.7. The predicted molar refractivity (Wildman–Crippen MR) is 186 cm³/mol. The van der Waals surface area contributed by atoms with Crippen LogP contribution in [0.25, 0.3) is 11.0 Å². The molecule has 0 N–H and O–H groups in total. The monoisotopic (exact) mass is 733 g/mol. The van der Waals surface area contributed by atoms with E-state index in [1.54, 1.807) is 60.7 Å². The number of benzene rings is 4. The second kappa shape index (κ2) is 15.5. The van der Waals surface area contributed by atoms with Crippen molar-refractivity contribution < 1.29 is 23.5 Å². The third kappa shape index (κ3) is 7.97. The van der Waals surface area contributed by atoms with E-state index in [1.165, 1.54) is 43.8 Å². The van der Waals surface area contributed by atoms with E-state index in [0.717, 1.165) is 9.79 Å². The molecule has 0 amide bonds. The molecule has 5 aromatic rings. The van der Waals surface area contributed by atoms with Crippen LogP contribution >= 0.6 is 69.9 Å². The molecular formula is C33H23Cl4NO6S2. The summed E-state index contributed by atoms with van der Waals surface area (Å²) in [6.07, 6.45) is 0. The quantitative estimate of drug-likeness (QED) is 0.0331. The van der Waals surface area contributed by atoms with Gasteiger partial charge >= 0.3 is 11.6 Å². The number of hydrogen-bond acceptors (Lipinski definition) is 9. The minimum Gasteiger partial charge on any atom is -0.488 e. The van der Waals surface area contributed by atoms with Crippen molar-refractivity contribution in [1.29, 1.82) is 0 Å². The van der Waals surface area contributed by atoms with E-state index in [0.29, 0.717) is 53.5 Å². The largest absolute Gasteiger partial charge is 0.488 e. The summed E-state index contributed by atoms with van der Waals surface area (Å²) in [5.74, 6) is -0.254. The predicted octanol–water partition coefficient (Wildman–Crippen LogP) is 10.1. The number of carbonyl (C=O) groups is 1. The van der Waals surface area contributed by atoms with E-state index in [-0.39, 0.29) is 12.3 Å². The van der Waals surface area contributed by atoms with E-state index in [1.807, 2.05) is 18.2 Å². The Hall–Kier alpha value is -3.31. The summed E-state index contributed by atoms with van der Waals surface area (Å²) in [7, 11) is 2.60. The van der Waals surface area contributed by atoms with E-state index in [4.69, 9.17) is 65.1 Å². The molecule has 236 valence electrons. The summed E-state index contributed by atoms with van der Waals surface area (Å²) in [4.78, 5) is 31.5. The Labute approximate surface area is 292 Å². The van der Waals surface area contributed by atoms with Crippen molar-refractivity contribution in [2.45, 2.75) is 21.0 Å². The summed E-state index contributed by atoms with van der Waals surface area (Å²) in [5.41, 5.74) is 1.44. The molecule has 0 saturated heterocycles. The first-order valence-electron chi connectivity index (χ1n) is 13.4. The molecule has 13 heteroatoms. The zero-order chi connectivity index (χ0) is 32.8. The average Bonchev–Trinajstić information content (AvgIpc) is 3.04. The molecule has 7 nitrogen and oxygen atoms in total. The van der Waals surface area contributed by atoms with Crippen LogP contribution in [0.5, 0.6) is 5.75 Å². The Morgan fingerprint density at radius 2 is 1.48 bits per heavy atom. The number of fused-ring (bicyclic) bond motifs is 1. The number of carbonyl (C=O) groups excluding carboxylic acids is 1. The van der Waals surface area contributed by atoms with Crippen LogP contribution in [0.2, 0.25) is 20.1 Å². The lowest BCUT2D eigenvalue weighted by molar-refractivity contribution is -0.132. The molecule has 4 aromatic carbocycles. The number of methoxy groups -OCH3 is 1. The number of hydrogen-bond donors (Lipinski definition) is 0. The zero-order valence-electron chi connectivity index (χ0n) is 24.1. The minimum atomic E-state index is -0.671. The highest BCUT2D eigenvalue weighted by Gasteiger charge is 2.27. The highest BCUT2D eigenvalue weighted by atomic mass is 35.5. The van der Waals surface area contributed by atoms with Crippen LogP contribution in [0, 0.1) is 0 Å². The van der Waals surface area contributed by atoms with Crippen molar-refractivity contribution in [2.75, 3.05) is 14.2 Å². The molecule has 0 bridgehead atoms. The van der Waals surface area contributed by atoms with Gasteiger partial charge in [0.25, 0.3) is 0 Å². The first kappa shape index (κ1) is 34.0. The fourth-order valence-corrected chi connectivity index (χ4v) is 8.09. The van der Waals surface area contributed by atoms with Crippen LogP contribution in [0.3, 0.4) is 0 Å². The van der Waals surface area contributed by atoms with Crippen LogP contribution in [0.1, 0.15) is 21.3 Å². The van der Waals surface area contributed by atoms with Gasteiger partial charge in [-0.2, -0.15) is 0 Å². The highest BCUT2D eigenvalue weighted by Crippen LogP contribution is 2.54. The first-order valence-corrected chi connectivity index (χ1v) is 16.7. The molecule has 0 spiro atoms. The van der Waals surface area contributed by atoms with Gasteiger partial charge in [0.2, 0.25) is 0 Å². The normalized spacial score (nSPS) is 11.6. The van der Waals surface area contributed by atoms with Gasteiger partial charge < -0.3 is 18.7 Å². The molecule has 0 radical (unpaired) electrons. The second-order valence-corrected chi connectivity index (χ2v) is 13.7. The Balaban J connectivity index is 1.64. The molecule has 0 atom stereocenters. The summed E-state index contributed by atoms with van der Waals surface area (Å²) in [5, 5.41) is 6.42. The Morgan fingerprint density at radius 1 is 0.848 bits per heavy atom. The first-order chi connectivity index (χ1) is 22.2. The van der Waals surface area contributed by atoms with Gasteiger partial charge in [0.1, 0.15) is 25.0 Å². The van der Waals surface area contributed by atoms with Crippen LogP contribution in [-0.2, 0) is 21.0 Å². The van der Waals surface area contributed by atoms with Crippen molar-refractivity contribution in [3.63, 3.8) is 0 Å². The van der Waals surface area contributed by atoms with Crippen LogP contribution < -0.4 is 10.4 Å². The maximum Gasteiger partial charge on any atom is 0.360 e. The van der Waals surface area contributed by atoms with E-state index >= 15 is 0 Å². The smallest absolute Gasteiger partial charge is 0.360 e. The number of ether oxygens (including phenoxy) is 2. The lowest BCUT2D eigenvalue weighted by atomic mass is 10.0. The summed E-state index contributed by atoms with van der Waals surface area (Å²) in [6.45, 7) is 0.0108. The van der Waals surface area contributed by atoms with Crippen LogP contribution in [-0.4, -0.2) is 25.9 Å². The van der Waals surface area contributed by atoms with Crippen molar-refractivity contribution in [3.05, 3.63) is 132 Å². The van der Waals surface area contributed by atoms with Crippen LogP contribution in [0.15, 0.2) is 109 Å². The third-order valence-corrected chi connectivity index (χ3v) is 10.5. The van der Waals surface area contributed by atoms with Crippen molar-refractivity contribution >= 4 is 92.6 Å². The van der Waals surface area contributed by atoms with Crippen molar-refractivity contribution in [2.24, 2.45) is 5.16 Å². The van der Waals surface area contributed by atoms with E-state index < -0.39 is 16.2 Å². The van der Waals surface area contributed by atoms with E-state index in [9.17, 15) is 9.59 Å². The molecule has 5 rings (SSSR count). The summed E-state index contributed by atoms with van der Waals surface area (Å²) >= 11 is 28.5. The zero-order valence-corrected chi connectivity index (χ0v) is 28.7. The highest BCUT2D eigenvalue weighted by molar-refractivity contribution is 8.16. The Bertz CT molecular complexity index is 1950. The molecule has 0 saturated carbocycles. The Kier molecular flexibility index (Phi) is 11.5. The third-order valence-electron chi connectivity index (χ3n) is 6.50. The van der Waals surface area contributed by atoms with Gasteiger partial charge in [-0.3, -0.25) is 0 Å². The van der Waals surface area contributed by atoms with Gasteiger partial charge in [-0.25, -0.2) is 9.59 Å². The van der Waals surface area contributed by atoms with Gasteiger partial charge in [-0.15, -0.1) is 23.5 Å². The molecule has 0 unspecified atom stereocenters. The van der Waals surface area contributed by atoms with Gasteiger partial charge in [-0.05, 0) is 60.2 Å². The molecule has 1 heterocycles. The van der Waals surface area contributed by atoms with Gasteiger partial charge in [0.05, 0.1) is 27.3 Å². The molecular weight excluding hydrogens is 712 g/mol. The molecule has 0 aliphatic heterocycles. The molecule has 0 fully saturated rings. The molecule has 46 heavy (non-hydrogen) atoms. The number of thioether (sulfide) groups is 2. The maximum atomic E-state index is 12.6. The number of nitrogens with zero attached hydrogens (tertiary/aromatic N) is 1. The van der Waals surface area contributed by atoms with Crippen molar-refractivity contribution in [1.82, 2.24) is 0 Å². The lowest BCUT2D eigenvalue weighted by Gasteiger charge is -2.22. The van der Waals surface area contributed by atoms with Crippen LogP contribution in [0.4, 0.5) is 0 Å². The maximum absolute atomic E-state index is 12.6. The lowest BCUT2D eigenvalue weighted by Crippen LogP contribution is -2.20. The SMILES string of the molecule is CO/N=C(/C(=O)OC)c1ccccc1COc1ccc2ccc(=O)oc2c1C(Sc1ccc(Cl)cc1Cl)Sc1ccc(Cl)cc1Cl. The standard InChI is InChI=1S/C33H23Cl4NO6S2/c1-41-32(40)30(38-42-2)22-6-4-3-5-19(22)17-43-25-11-7-18-8-14-28(39)44-31(18)29(25)33(45-26-12-9-20(34)15-23(26)36)46-27-13-10-21(35)16-24(27)37/h3-16,33H,17H2,1-2H3/b38-30+. The number of halogens is 4.